The first-order valence-electron chi connectivity index (χ1n) is 5.89. The molecule has 1 N–H and O–H groups in total. The summed E-state index contributed by atoms with van der Waals surface area (Å²) in [7, 11) is 0. The van der Waals surface area contributed by atoms with Crippen LogP contribution in [0.2, 0.25) is 0 Å². The van der Waals surface area contributed by atoms with Gasteiger partial charge in [0.2, 0.25) is 0 Å². The molecule has 0 fully saturated rings. The van der Waals surface area contributed by atoms with Crippen LogP contribution in [-0.2, 0) is 0 Å². The standard InChI is InChI=1S/C14H22O2/c1-10-8-11(2)13(4)14(9-10)16-7-5-6-12(3)15/h8-9,12,15H,5-7H2,1-4H3. The lowest BCUT2D eigenvalue weighted by molar-refractivity contribution is 0.170. The van der Waals surface area contributed by atoms with E-state index in [0.29, 0.717) is 6.61 Å². The second-order valence-corrected chi connectivity index (χ2v) is 4.54. The van der Waals surface area contributed by atoms with Gasteiger partial charge in [-0.3, -0.25) is 0 Å². The number of ether oxygens (including phenoxy) is 1. The van der Waals surface area contributed by atoms with E-state index in [0.717, 1.165) is 18.6 Å². The lowest BCUT2D eigenvalue weighted by Crippen LogP contribution is -2.05. The fourth-order valence-corrected chi connectivity index (χ4v) is 1.71. The van der Waals surface area contributed by atoms with E-state index in [1.54, 1.807) is 0 Å². The lowest BCUT2D eigenvalue weighted by atomic mass is 10.1. The average molecular weight is 222 g/mol. The second-order valence-electron chi connectivity index (χ2n) is 4.54. The Morgan fingerprint density at radius 2 is 1.94 bits per heavy atom. The summed E-state index contributed by atoms with van der Waals surface area (Å²) in [5, 5.41) is 9.14. The Morgan fingerprint density at radius 1 is 1.25 bits per heavy atom. The van der Waals surface area contributed by atoms with E-state index in [1.165, 1.54) is 16.7 Å². The Bertz CT molecular complexity index is 343. The minimum absolute atomic E-state index is 0.232. The molecule has 90 valence electrons. The van der Waals surface area contributed by atoms with Gasteiger partial charge in [0.15, 0.2) is 0 Å². The quantitative estimate of drug-likeness (QED) is 0.775. The number of aryl methyl sites for hydroxylation is 2. The highest BCUT2D eigenvalue weighted by molar-refractivity contribution is 5.41. The number of rotatable bonds is 5. The van der Waals surface area contributed by atoms with E-state index in [4.69, 9.17) is 9.84 Å². The topological polar surface area (TPSA) is 29.5 Å². The minimum atomic E-state index is -0.232. The molecule has 16 heavy (non-hydrogen) atoms. The minimum Gasteiger partial charge on any atom is -0.493 e. The fraction of sp³-hybridized carbons (Fsp3) is 0.571. The molecule has 0 aliphatic carbocycles. The van der Waals surface area contributed by atoms with E-state index >= 15 is 0 Å². The zero-order chi connectivity index (χ0) is 12.1. The maximum Gasteiger partial charge on any atom is 0.122 e. The molecule has 0 heterocycles. The summed E-state index contributed by atoms with van der Waals surface area (Å²) in [6.07, 6.45) is 1.46. The van der Waals surface area contributed by atoms with Gasteiger partial charge in [0.05, 0.1) is 12.7 Å². The van der Waals surface area contributed by atoms with Crippen LogP contribution in [0.15, 0.2) is 12.1 Å². The lowest BCUT2D eigenvalue weighted by Gasteiger charge is -2.12. The number of benzene rings is 1. The van der Waals surface area contributed by atoms with Crippen molar-refractivity contribution in [3.05, 3.63) is 28.8 Å². The van der Waals surface area contributed by atoms with Gasteiger partial charge in [0, 0.05) is 0 Å². The number of hydrogen-bond acceptors (Lipinski definition) is 2. The highest BCUT2D eigenvalue weighted by Gasteiger charge is 2.04. The van der Waals surface area contributed by atoms with Crippen molar-refractivity contribution < 1.29 is 9.84 Å². The Kier molecular flexibility index (Phi) is 4.81. The second kappa shape index (κ2) is 5.90. The predicted molar refractivity (Wildman–Crippen MR) is 67.1 cm³/mol. The van der Waals surface area contributed by atoms with Gasteiger partial charge in [0.1, 0.15) is 5.75 Å². The largest absolute Gasteiger partial charge is 0.493 e. The van der Waals surface area contributed by atoms with Crippen LogP contribution in [0.5, 0.6) is 5.75 Å². The van der Waals surface area contributed by atoms with Crippen LogP contribution in [-0.4, -0.2) is 17.8 Å². The van der Waals surface area contributed by atoms with Crippen LogP contribution >= 0.6 is 0 Å². The molecule has 0 aliphatic heterocycles. The molecule has 0 saturated heterocycles. The maximum atomic E-state index is 9.14. The van der Waals surface area contributed by atoms with Crippen LogP contribution in [0.1, 0.15) is 36.5 Å². The average Bonchev–Trinajstić information content (AvgIpc) is 2.19. The van der Waals surface area contributed by atoms with Crippen molar-refractivity contribution in [1.82, 2.24) is 0 Å². The Hall–Kier alpha value is -1.02. The van der Waals surface area contributed by atoms with Crippen molar-refractivity contribution in [3.8, 4) is 5.75 Å². The monoisotopic (exact) mass is 222 g/mol. The van der Waals surface area contributed by atoms with E-state index in [2.05, 4.69) is 32.9 Å². The summed E-state index contributed by atoms with van der Waals surface area (Å²) < 4.78 is 5.74. The first kappa shape index (κ1) is 13.0. The van der Waals surface area contributed by atoms with Crippen LogP contribution in [0.25, 0.3) is 0 Å². The van der Waals surface area contributed by atoms with Crippen molar-refractivity contribution in [2.45, 2.75) is 46.6 Å². The number of hydrogen-bond donors (Lipinski definition) is 1. The van der Waals surface area contributed by atoms with E-state index in [1.807, 2.05) is 6.92 Å². The molecular weight excluding hydrogens is 200 g/mol. The van der Waals surface area contributed by atoms with Crippen molar-refractivity contribution in [2.24, 2.45) is 0 Å². The summed E-state index contributed by atoms with van der Waals surface area (Å²) in [5.74, 6) is 0.975. The summed E-state index contributed by atoms with van der Waals surface area (Å²) in [6, 6.07) is 4.24. The van der Waals surface area contributed by atoms with Crippen molar-refractivity contribution in [1.29, 1.82) is 0 Å². The van der Waals surface area contributed by atoms with Gasteiger partial charge in [-0.05, 0) is 63.3 Å². The molecule has 1 rings (SSSR count). The maximum absolute atomic E-state index is 9.14. The Labute approximate surface area is 98.3 Å². The summed E-state index contributed by atoms with van der Waals surface area (Å²) in [6.45, 7) is 8.75. The van der Waals surface area contributed by atoms with E-state index < -0.39 is 0 Å². The zero-order valence-corrected chi connectivity index (χ0v) is 10.7. The molecule has 2 heteroatoms. The molecule has 0 radical (unpaired) electrons. The van der Waals surface area contributed by atoms with Crippen LogP contribution in [0, 0.1) is 20.8 Å². The normalized spacial score (nSPS) is 12.6. The van der Waals surface area contributed by atoms with Crippen molar-refractivity contribution in [3.63, 3.8) is 0 Å². The molecular formula is C14H22O2. The molecule has 0 aliphatic rings. The third-order valence-electron chi connectivity index (χ3n) is 2.79. The van der Waals surface area contributed by atoms with Gasteiger partial charge in [-0.2, -0.15) is 0 Å². The number of aliphatic hydroxyl groups excluding tert-OH is 1. The molecule has 0 spiro atoms. The van der Waals surface area contributed by atoms with Crippen LogP contribution < -0.4 is 4.74 Å². The van der Waals surface area contributed by atoms with E-state index in [9.17, 15) is 0 Å². The highest BCUT2D eigenvalue weighted by atomic mass is 16.5. The molecule has 1 unspecified atom stereocenters. The van der Waals surface area contributed by atoms with Crippen molar-refractivity contribution in [2.75, 3.05) is 6.61 Å². The van der Waals surface area contributed by atoms with Gasteiger partial charge in [-0.1, -0.05) is 6.07 Å². The molecule has 0 aromatic heterocycles. The molecule has 0 amide bonds. The molecule has 1 aromatic carbocycles. The fourth-order valence-electron chi connectivity index (χ4n) is 1.71. The number of aliphatic hydroxyl groups is 1. The Morgan fingerprint density at radius 3 is 2.56 bits per heavy atom. The third kappa shape index (κ3) is 3.86. The summed E-state index contributed by atoms with van der Waals surface area (Å²) >= 11 is 0. The first-order chi connectivity index (χ1) is 7.50. The molecule has 1 aromatic rings. The van der Waals surface area contributed by atoms with Gasteiger partial charge < -0.3 is 9.84 Å². The zero-order valence-electron chi connectivity index (χ0n) is 10.7. The van der Waals surface area contributed by atoms with E-state index in [-0.39, 0.29) is 6.10 Å². The van der Waals surface area contributed by atoms with Crippen LogP contribution in [0.3, 0.4) is 0 Å². The van der Waals surface area contributed by atoms with Gasteiger partial charge in [-0.25, -0.2) is 0 Å². The summed E-state index contributed by atoms with van der Waals surface area (Å²) in [4.78, 5) is 0. The smallest absolute Gasteiger partial charge is 0.122 e. The third-order valence-corrected chi connectivity index (χ3v) is 2.79. The molecule has 0 bridgehead atoms. The summed E-state index contributed by atoms with van der Waals surface area (Å²) in [5.41, 5.74) is 3.71. The van der Waals surface area contributed by atoms with Crippen LogP contribution in [0.4, 0.5) is 0 Å². The molecule has 0 saturated carbocycles. The van der Waals surface area contributed by atoms with Gasteiger partial charge >= 0.3 is 0 Å². The first-order valence-corrected chi connectivity index (χ1v) is 5.89. The molecule has 1 atom stereocenters. The molecule has 2 nitrogen and oxygen atoms in total. The predicted octanol–water partition coefficient (Wildman–Crippen LogP) is 3.15. The Balaban J connectivity index is 2.53. The highest BCUT2D eigenvalue weighted by Crippen LogP contribution is 2.23. The van der Waals surface area contributed by atoms with Crippen molar-refractivity contribution >= 4 is 0 Å². The van der Waals surface area contributed by atoms with Gasteiger partial charge in [-0.15, -0.1) is 0 Å². The SMILES string of the molecule is Cc1cc(C)c(C)c(OCCCC(C)O)c1. The van der Waals surface area contributed by atoms with Gasteiger partial charge in [0.25, 0.3) is 0 Å².